The molecule has 1 heterocycles. The Balaban J connectivity index is 2.07. The van der Waals surface area contributed by atoms with E-state index in [-0.39, 0.29) is 11.9 Å². The minimum absolute atomic E-state index is 0.0188. The fourth-order valence-electron chi connectivity index (χ4n) is 2.12. The Morgan fingerprint density at radius 3 is 2.82 bits per heavy atom. The SMILES string of the molecule is CC(=O)c1ccc(OC2CCN(C)C2)cc1N. The number of rotatable bonds is 3. The highest BCUT2D eigenvalue weighted by atomic mass is 16.5. The van der Waals surface area contributed by atoms with Gasteiger partial charge in [-0.3, -0.25) is 4.79 Å². The van der Waals surface area contributed by atoms with E-state index in [4.69, 9.17) is 10.5 Å². The number of hydrogen-bond acceptors (Lipinski definition) is 4. The number of carbonyl (C=O) groups excluding carboxylic acids is 1. The summed E-state index contributed by atoms with van der Waals surface area (Å²) >= 11 is 0. The van der Waals surface area contributed by atoms with E-state index in [0.29, 0.717) is 11.3 Å². The van der Waals surface area contributed by atoms with Crippen LogP contribution in [0.5, 0.6) is 5.75 Å². The van der Waals surface area contributed by atoms with Gasteiger partial charge in [-0.25, -0.2) is 0 Å². The zero-order valence-corrected chi connectivity index (χ0v) is 10.3. The van der Waals surface area contributed by atoms with Gasteiger partial charge in [0.1, 0.15) is 11.9 Å². The minimum Gasteiger partial charge on any atom is -0.489 e. The fraction of sp³-hybridized carbons (Fsp3) is 0.462. The maximum atomic E-state index is 11.2. The molecular formula is C13H18N2O2. The molecule has 92 valence electrons. The summed E-state index contributed by atoms with van der Waals surface area (Å²) in [5.74, 6) is 0.724. The zero-order valence-electron chi connectivity index (χ0n) is 10.3. The van der Waals surface area contributed by atoms with Crippen LogP contribution >= 0.6 is 0 Å². The second-order valence-corrected chi connectivity index (χ2v) is 4.60. The molecule has 0 aliphatic carbocycles. The van der Waals surface area contributed by atoms with Crippen LogP contribution in [0.3, 0.4) is 0 Å². The third kappa shape index (κ3) is 2.77. The molecule has 4 nitrogen and oxygen atoms in total. The number of likely N-dealkylation sites (tertiary alicyclic amines) is 1. The van der Waals surface area contributed by atoms with Crippen molar-refractivity contribution >= 4 is 11.5 Å². The van der Waals surface area contributed by atoms with Crippen LogP contribution in [0.15, 0.2) is 18.2 Å². The van der Waals surface area contributed by atoms with Gasteiger partial charge in [-0.15, -0.1) is 0 Å². The maximum absolute atomic E-state index is 11.2. The van der Waals surface area contributed by atoms with Crippen LogP contribution in [0, 0.1) is 0 Å². The number of nitrogen functional groups attached to an aromatic ring is 1. The molecule has 0 amide bonds. The number of carbonyl (C=O) groups is 1. The van der Waals surface area contributed by atoms with Gasteiger partial charge in [0.2, 0.25) is 0 Å². The number of Topliss-reactive ketones (excluding diaryl/α,β-unsaturated/α-hetero) is 1. The van der Waals surface area contributed by atoms with Gasteiger partial charge in [0.25, 0.3) is 0 Å². The molecule has 1 aromatic carbocycles. The van der Waals surface area contributed by atoms with Gasteiger partial charge in [-0.2, -0.15) is 0 Å². The standard InChI is InChI=1S/C13H18N2O2/c1-9(16)12-4-3-10(7-13(12)14)17-11-5-6-15(2)8-11/h3-4,7,11H,5-6,8,14H2,1-2H3. The molecule has 2 rings (SSSR count). The molecule has 0 bridgehead atoms. The summed E-state index contributed by atoms with van der Waals surface area (Å²) in [6, 6.07) is 5.27. The van der Waals surface area contributed by atoms with Crippen molar-refractivity contribution in [2.75, 3.05) is 25.9 Å². The predicted molar refractivity (Wildman–Crippen MR) is 67.4 cm³/mol. The number of nitrogens with zero attached hydrogens (tertiary/aromatic N) is 1. The monoisotopic (exact) mass is 234 g/mol. The molecule has 1 fully saturated rings. The van der Waals surface area contributed by atoms with E-state index >= 15 is 0 Å². The quantitative estimate of drug-likeness (QED) is 0.637. The molecule has 1 aromatic rings. The van der Waals surface area contributed by atoms with Crippen molar-refractivity contribution in [2.24, 2.45) is 0 Å². The molecule has 4 heteroatoms. The van der Waals surface area contributed by atoms with E-state index < -0.39 is 0 Å². The number of nitrogens with two attached hydrogens (primary N) is 1. The van der Waals surface area contributed by atoms with Gasteiger partial charge < -0.3 is 15.4 Å². The normalized spacial score (nSPS) is 20.5. The Kier molecular flexibility index (Phi) is 3.33. The lowest BCUT2D eigenvalue weighted by atomic mass is 10.1. The van der Waals surface area contributed by atoms with Crippen LogP contribution in [0.4, 0.5) is 5.69 Å². The molecule has 1 saturated heterocycles. The largest absolute Gasteiger partial charge is 0.489 e. The number of benzene rings is 1. The highest BCUT2D eigenvalue weighted by Crippen LogP contribution is 2.23. The van der Waals surface area contributed by atoms with Gasteiger partial charge in [0.05, 0.1) is 0 Å². The van der Waals surface area contributed by atoms with Crippen molar-refractivity contribution in [3.63, 3.8) is 0 Å². The van der Waals surface area contributed by atoms with Crippen LogP contribution in [0.25, 0.3) is 0 Å². The van der Waals surface area contributed by atoms with E-state index in [0.717, 1.165) is 25.3 Å². The van der Waals surface area contributed by atoms with Gasteiger partial charge in [0, 0.05) is 30.4 Å². The molecule has 0 aromatic heterocycles. The van der Waals surface area contributed by atoms with E-state index in [1.807, 2.05) is 6.07 Å². The van der Waals surface area contributed by atoms with E-state index in [1.165, 1.54) is 6.92 Å². The smallest absolute Gasteiger partial charge is 0.161 e. The summed E-state index contributed by atoms with van der Waals surface area (Å²) in [5.41, 5.74) is 6.86. The predicted octanol–water partition coefficient (Wildman–Crippen LogP) is 1.55. The summed E-state index contributed by atoms with van der Waals surface area (Å²) in [6.45, 7) is 3.51. The van der Waals surface area contributed by atoms with Gasteiger partial charge >= 0.3 is 0 Å². The second-order valence-electron chi connectivity index (χ2n) is 4.60. The lowest BCUT2D eigenvalue weighted by Gasteiger charge is -2.14. The summed E-state index contributed by atoms with van der Waals surface area (Å²) in [4.78, 5) is 13.5. The third-order valence-corrected chi connectivity index (χ3v) is 3.05. The molecule has 1 aliphatic heterocycles. The molecule has 0 radical (unpaired) electrons. The number of hydrogen-bond donors (Lipinski definition) is 1. The average molecular weight is 234 g/mol. The topological polar surface area (TPSA) is 55.6 Å². The summed E-state index contributed by atoms with van der Waals surface area (Å²) in [6.07, 6.45) is 1.26. The van der Waals surface area contributed by atoms with Crippen LogP contribution in [0.2, 0.25) is 0 Å². The first-order valence-electron chi connectivity index (χ1n) is 5.82. The van der Waals surface area contributed by atoms with Crippen molar-refractivity contribution in [1.29, 1.82) is 0 Å². The number of ether oxygens (including phenoxy) is 1. The van der Waals surface area contributed by atoms with Gasteiger partial charge in [-0.1, -0.05) is 0 Å². The Labute approximate surface area is 101 Å². The van der Waals surface area contributed by atoms with E-state index in [9.17, 15) is 4.79 Å². The first-order valence-corrected chi connectivity index (χ1v) is 5.82. The number of ketones is 1. The van der Waals surface area contributed by atoms with E-state index in [2.05, 4.69) is 11.9 Å². The highest BCUT2D eigenvalue weighted by Gasteiger charge is 2.21. The summed E-state index contributed by atoms with van der Waals surface area (Å²) in [7, 11) is 2.08. The number of anilines is 1. The molecule has 2 N–H and O–H groups in total. The Morgan fingerprint density at radius 1 is 1.53 bits per heavy atom. The van der Waals surface area contributed by atoms with Crippen molar-refractivity contribution in [1.82, 2.24) is 4.90 Å². The molecule has 17 heavy (non-hydrogen) atoms. The lowest BCUT2D eigenvalue weighted by molar-refractivity contribution is 0.101. The Morgan fingerprint density at radius 2 is 2.29 bits per heavy atom. The summed E-state index contributed by atoms with van der Waals surface area (Å²) in [5, 5.41) is 0. The van der Waals surface area contributed by atoms with Crippen molar-refractivity contribution in [2.45, 2.75) is 19.4 Å². The first kappa shape index (κ1) is 11.9. The molecule has 0 spiro atoms. The fourth-order valence-corrected chi connectivity index (χ4v) is 2.12. The second kappa shape index (κ2) is 4.75. The molecule has 1 unspecified atom stereocenters. The highest BCUT2D eigenvalue weighted by molar-refractivity contribution is 5.99. The Bertz CT molecular complexity index is 431. The minimum atomic E-state index is -0.0188. The average Bonchev–Trinajstić information content (AvgIpc) is 2.63. The number of likely N-dealkylation sites (N-methyl/N-ethyl adjacent to an activating group) is 1. The van der Waals surface area contributed by atoms with Crippen LogP contribution in [0.1, 0.15) is 23.7 Å². The maximum Gasteiger partial charge on any atom is 0.161 e. The van der Waals surface area contributed by atoms with Crippen molar-refractivity contribution in [3.8, 4) is 5.75 Å². The molecule has 1 atom stereocenters. The van der Waals surface area contributed by atoms with Crippen molar-refractivity contribution < 1.29 is 9.53 Å². The van der Waals surface area contributed by atoms with Gasteiger partial charge in [0.15, 0.2) is 5.78 Å². The van der Waals surface area contributed by atoms with Crippen LogP contribution in [-0.4, -0.2) is 36.9 Å². The molecule has 0 saturated carbocycles. The summed E-state index contributed by atoms with van der Waals surface area (Å²) < 4.78 is 5.83. The van der Waals surface area contributed by atoms with E-state index in [1.54, 1.807) is 12.1 Å². The molecule has 1 aliphatic rings. The third-order valence-electron chi connectivity index (χ3n) is 3.05. The van der Waals surface area contributed by atoms with Gasteiger partial charge in [-0.05, 0) is 32.5 Å². The Hall–Kier alpha value is -1.55. The first-order chi connectivity index (χ1) is 8.06. The van der Waals surface area contributed by atoms with Crippen molar-refractivity contribution in [3.05, 3.63) is 23.8 Å². The van der Waals surface area contributed by atoms with Crippen LogP contribution in [-0.2, 0) is 0 Å². The van der Waals surface area contributed by atoms with Crippen LogP contribution < -0.4 is 10.5 Å². The lowest BCUT2D eigenvalue weighted by Crippen LogP contribution is -2.21. The zero-order chi connectivity index (χ0) is 12.4. The molecular weight excluding hydrogens is 216 g/mol.